The van der Waals surface area contributed by atoms with Crippen LogP contribution in [0.3, 0.4) is 0 Å². The Labute approximate surface area is 179 Å². The van der Waals surface area contributed by atoms with Gasteiger partial charge in [0, 0.05) is 17.5 Å². The van der Waals surface area contributed by atoms with Gasteiger partial charge in [0.15, 0.2) is 0 Å². The van der Waals surface area contributed by atoms with Crippen molar-refractivity contribution in [3.8, 4) is 0 Å². The summed E-state index contributed by atoms with van der Waals surface area (Å²) < 4.78 is 5.52. The van der Waals surface area contributed by atoms with Crippen LogP contribution in [0, 0.1) is 6.92 Å². The molecule has 0 aromatic carbocycles. The minimum atomic E-state index is -0.161. The molecule has 2 heterocycles. The summed E-state index contributed by atoms with van der Waals surface area (Å²) in [5.41, 5.74) is 2.63. The number of nitrogens with zero attached hydrogens (tertiary/aromatic N) is 2. The topological polar surface area (TPSA) is 93.2 Å². The molecule has 1 saturated carbocycles. The van der Waals surface area contributed by atoms with Crippen molar-refractivity contribution in [1.82, 2.24) is 20.6 Å². The Bertz CT molecular complexity index is 856. The minimum absolute atomic E-state index is 0.00169. The molecular formula is C20H28N4O3S2. The largest absolute Gasteiger partial charge is 0.366 e. The van der Waals surface area contributed by atoms with Gasteiger partial charge >= 0.3 is 0 Å². The SMILES string of the molecule is Cc1ncsc1COCC(=O)N[C@@H]1CCC[C@H]1NC(=O)c1cnc(C(C)(C)C)s1. The van der Waals surface area contributed by atoms with Crippen LogP contribution in [0.4, 0.5) is 0 Å². The van der Waals surface area contributed by atoms with Gasteiger partial charge < -0.3 is 15.4 Å². The Kier molecular flexibility index (Phi) is 7.02. The third kappa shape index (κ3) is 5.83. The van der Waals surface area contributed by atoms with E-state index < -0.39 is 0 Å². The zero-order valence-corrected chi connectivity index (χ0v) is 18.9. The highest BCUT2D eigenvalue weighted by atomic mass is 32.1. The molecule has 0 radical (unpaired) electrons. The van der Waals surface area contributed by atoms with Gasteiger partial charge in [-0.25, -0.2) is 9.97 Å². The molecule has 0 aliphatic heterocycles. The Morgan fingerprint density at radius 3 is 2.55 bits per heavy atom. The van der Waals surface area contributed by atoms with Gasteiger partial charge in [0.2, 0.25) is 5.91 Å². The first-order valence-electron chi connectivity index (χ1n) is 9.77. The summed E-state index contributed by atoms with van der Waals surface area (Å²) in [5, 5.41) is 7.01. The van der Waals surface area contributed by atoms with Crippen molar-refractivity contribution in [2.75, 3.05) is 6.61 Å². The van der Waals surface area contributed by atoms with Crippen molar-refractivity contribution >= 4 is 34.5 Å². The summed E-state index contributed by atoms with van der Waals surface area (Å²) in [7, 11) is 0. The number of aromatic nitrogens is 2. The van der Waals surface area contributed by atoms with Gasteiger partial charge in [0.05, 0.1) is 33.9 Å². The molecule has 3 rings (SSSR count). The molecule has 2 aromatic heterocycles. The van der Waals surface area contributed by atoms with E-state index in [-0.39, 0.29) is 35.9 Å². The molecule has 2 N–H and O–H groups in total. The first-order valence-corrected chi connectivity index (χ1v) is 11.5. The summed E-state index contributed by atoms with van der Waals surface area (Å²) in [6, 6.07) is -0.148. The number of ether oxygens (including phenoxy) is 1. The molecule has 1 aliphatic carbocycles. The van der Waals surface area contributed by atoms with Crippen LogP contribution in [-0.4, -0.2) is 40.5 Å². The number of hydrogen-bond acceptors (Lipinski definition) is 7. The second-order valence-electron chi connectivity index (χ2n) is 8.32. The lowest BCUT2D eigenvalue weighted by Gasteiger charge is -2.22. The number of thiazole rings is 2. The molecule has 7 nitrogen and oxygen atoms in total. The predicted octanol–water partition coefficient (Wildman–Crippen LogP) is 3.19. The van der Waals surface area contributed by atoms with Crippen LogP contribution in [0.25, 0.3) is 0 Å². The summed E-state index contributed by atoms with van der Waals surface area (Å²) in [6.45, 7) is 8.54. The van der Waals surface area contributed by atoms with Crippen LogP contribution in [0.5, 0.6) is 0 Å². The van der Waals surface area contributed by atoms with Gasteiger partial charge in [-0.1, -0.05) is 20.8 Å². The normalized spacial score (nSPS) is 19.3. The van der Waals surface area contributed by atoms with Crippen molar-refractivity contribution < 1.29 is 14.3 Å². The second-order valence-corrected chi connectivity index (χ2v) is 10.3. The molecule has 2 aromatic rings. The first-order chi connectivity index (χ1) is 13.7. The molecule has 1 aliphatic rings. The Balaban J connectivity index is 1.48. The zero-order valence-electron chi connectivity index (χ0n) is 17.3. The maximum atomic E-state index is 12.6. The van der Waals surface area contributed by atoms with Gasteiger partial charge in [-0.2, -0.15) is 0 Å². The fraction of sp³-hybridized carbons (Fsp3) is 0.600. The van der Waals surface area contributed by atoms with Gasteiger partial charge in [-0.3, -0.25) is 9.59 Å². The maximum Gasteiger partial charge on any atom is 0.263 e. The van der Waals surface area contributed by atoms with Gasteiger partial charge in [0.25, 0.3) is 5.91 Å². The standard InChI is InChI=1S/C20H28N4O3S2/c1-12-16(28-11-22-12)9-27-10-17(25)23-13-6-5-7-14(13)24-18(26)15-8-21-19(29-15)20(2,3)4/h8,11,13-14H,5-7,9-10H2,1-4H3,(H,23,25)(H,24,26)/t13-,14-/m1/s1. The minimum Gasteiger partial charge on any atom is -0.366 e. The van der Waals surface area contributed by atoms with Crippen molar-refractivity contribution in [3.05, 3.63) is 32.2 Å². The fourth-order valence-corrected chi connectivity index (χ4v) is 4.81. The summed E-state index contributed by atoms with van der Waals surface area (Å²) in [6.07, 6.45) is 4.30. The van der Waals surface area contributed by atoms with Gasteiger partial charge in [-0.15, -0.1) is 22.7 Å². The van der Waals surface area contributed by atoms with Crippen LogP contribution in [0.2, 0.25) is 0 Å². The van der Waals surface area contributed by atoms with Gasteiger partial charge in [0.1, 0.15) is 11.5 Å². The highest BCUT2D eigenvalue weighted by Crippen LogP contribution is 2.27. The van der Waals surface area contributed by atoms with Crippen LogP contribution >= 0.6 is 22.7 Å². The molecule has 0 spiro atoms. The van der Waals surface area contributed by atoms with E-state index in [1.165, 1.54) is 22.7 Å². The maximum absolute atomic E-state index is 12.6. The third-order valence-electron chi connectivity index (χ3n) is 4.86. The lowest BCUT2D eigenvalue weighted by atomic mass is 9.98. The molecule has 9 heteroatoms. The molecule has 1 fully saturated rings. The van der Waals surface area contributed by atoms with E-state index in [1.54, 1.807) is 11.7 Å². The number of rotatable bonds is 7. The molecule has 0 bridgehead atoms. The number of amides is 2. The number of carbonyl (C=O) groups is 2. The Hall–Kier alpha value is -1.84. The predicted molar refractivity (Wildman–Crippen MR) is 114 cm³/mol. The van der Waals surface area contributed by atoms with E-state index in [0.717, 1.165) is 34.8 Å². The molecule has 2 atom stereocenters. The van der Waals surface area contributed by atoms with E-state index in [2.05, 4.69) is 41.4 Å². The Morgan fingerprint density at radius 2 is 1.93 bits per heavy atom. The monoisotopic (exact) mass is 436 g/mol. The smallest absolute Gasteiger partial charge is 0.263 e. The van der Waals surface area contributed by atoms with Crippen LogP contribution in [-0.2, 0) is 21.6 Å². The Morgan fingerprint density at radius 1 is 1.21 bits per heavy atom. The van der Waals surface area contributed by atoms with Crippen molar-refractivity contribution in [2.45, 2.75) is 71.1 Å². The molecule has 158 valence electrons. The number of hydrogen-bond donors (Lipinski definition) is 2. The van der Waals surface area contributed by atoms with E-state index in [4.69, 9.17) is 4.74 Å². The van der Waals surface area contributed by atoms with Gasteiger partial charge in [-0.05, 0) is 26.2 Å². The lowest BCUT2D eigenvalue weighted by Crippen LogP contribution is -2.49. The second kappa shape index (κ2) is 9.32. The molecule has 0 saturated heterocycles. The number of aryl methyl sites for hydroxylation is 1. The first kappa shape index (κ1) is 21.9. The summed E-state index contributed by atoms with van der Waals surface area (Å²) >= 11 is 2.95. The number of carbonyl (C=O) groups excluding carboxylic acids is 2. The van der Waals surface area contributed by atoms with Crippen LogP contribution < -0.4 is 10.6 Å². The highest BCUT2D eigenvalue weighted by molar-refractivity contribution is 7.13. The summed E-state index contributed by atoms with van der Waals surface area (Å²) in [4.78, 5) is 35.1. The van der Waals surface area contributed by atoms with E-state index >= 15 is 0 Å². The van der Waals surface area contributed by atoms with E-state index in [1.807, 2.05) is 6.92 Å². The van der Waals surface area contributed by atoms with Crippen LogP contribution in [0.15, 0.2) is 11.7 Å². The number of nitrogens with one attached hydrogen (secondary N) is 2. The summed E-state index contributed by atoms with van der Waals surface area (Å²) in [5.74, 6) is -0.285. The quantitative estimate of drug-likeness (QED) is 0.695. The third-order valence-corrected chi connectivity index (χ3v) is 7.19. The van der Waals surface area contributed by atoms with Crippen molar-refractivity contribution in [1.29, 1.82) is 0 Å². The highest BCUT2D eigenvalue weighted by Gasteiger charge is 2.31. The average molecular weight is 437 g/mol. The fourth-order valence-electron chi connectivity index (χ4n) is 3.22. The molecule has 2 amide bonds. The van der Waals surface area contributed by atoms with E-state index in [9.17, 15) is 9.59 Å². The zero-order chi connectivity index (χ0) is 21.0. The van der Waals surface area contributed by atoms with Crippen molar-refractivity contribution in [3.63, 3.8) is 0 Å². The molecular weight excluding hydrogens is 408 g/mol. The van der Waals surface area contributed by atoms with Crippen molar-refractivity contribution in [2.24, 2.45) is 0 Å². The molecule has 0 unspecified atom stereocenters. The van der Waals surface area contributed by atoms with E-state index in [0.29, 0.717) is 11.5 Å². The average Bonchev–Trinajstić information content (AvgIpc) is 3.37. The van der Waals surface area contributed by atoms with Crippen LogP contribution in [0.1, 0.15) is 65.3 Å². The lowest BCUT2D eigenvalue weighted by molar-refractivity contribution is -0.126. The molecule has 29 heavy (non-hydrogen) atoms.